The summed E-state index contributed by atoms with van der Waals surface area (Å²) in [6.07, 6.45) is 0. The minimum atomic E-state index is -0.559. The molecule has 0 bridgehead atoms. The largest absolute Gasteiger partial charge is 0.456 e. The van der Waals surface area contributed by atoms with Crippen molar-refractivity contribution in [1.82, 2.24) is 19.5 Å². The monoisotopic (exact) mass is 852 g/mol. The molecule has 3 aromatic heterocycles. The molecule has 0 aliphatic heterocycles. The highest BCUT2D eigenvalue weighted by Crippen LogP contribution is 2.66. The van der Waals surface area contributed by atoms with Crippen LogP contribution in [0, 0.1) is 0 Å². The second-order valence-electron chi connectivity index (χ2n) is 17.8. The molecule has 2 aliphatic rings. The third kappa shape index (κ3) is 4.89. The topological polar surface area (TPSA) is 56.7 Å². The molecule has 0 saturated carbocycles. The summed E-state index contributed by atoms with van der Waals surface area (Å²) in [6.45, 7) is 0. The van der Waals surface area contributed by atoms with Crippen LogP contribution in [0.1, 0.15) is 22.3 Å². The van der Waals surface area contributed by atoms with Gasteiger partial charge in [0, 0.05) is 49.5 Å². The summed E-state index contributed by atoms with van der Waals surface area (Å²) in [6, 6.07) is 78.5. The van der Waals surface area contributed by atoms with Crippen LogP contribution < -0.4 is 0 Å². The molecule has 0 radical (unpaired) electrons. The molecular weight excluding hydrogens is 817 g/mol. The van der Waals surface area contributed by atoms with Crippen molar-refractivity contribution in [3.8, 4) is 62.1 Å². The average Bonchev–Trinajstić information content (AvgIpc) is 4.13. The summed E-state index contributed by atoms with van der Waals surface area (Å²) in [5.74, 6) is 1.86. The Morgan fingerprint density at radius 3 is 1.52 bits per heavy atom. The molecule has 5 heteroatoms. The second kappa shape index (κ2) is 13.6. The van der Waals surface area contributed by atoms with Gasteiger partial charge in [0.2, 0.25) is 0 Å². The minimum Gasteiger partial charge on any atom is -0.456 e. The van der Waals surface area contributed by atoms with Gasteiger partial charge in [0.1, 0.15) is 11.2 Å². The number of aromatic nitrogens is 4. The van der Waals surface area contributed by atoms with Crippen molar-refractivity contribution in [2.24, 2.45) is 0 Å². The van der Waals surface area contributed by atoms with E-state index in [4.69, 9.17) is 19.4 Å². The van der Waals surface area contributed by atoms with Crippen LogP contribution in [0.15, 0.2) is 223 Å². The van der Waals surface area contributed by atoms with E-state index >= 15 is 0 Å². The molecule has 13 aromatic rings. The van der Waals surface area contributed by atoms with Gasteiger partial charge in [-0.3, -0.25) is 0 Å². The number of hydrogen-bond donors (Lipinski definition) is 0. The van der Waals surface area contributed by atoms with Crippen LogP contribution in [0.3, 0.4) is 0 Å². The number of nitrogens with zero attached hydrogens (tertiary/aromatic N) is 4. The summed E-state index contributed by atoms with van der Waals surface area (Å²) < 4.78 is 9.18. The van der Waals surface area contributed by atoms with Crippen LogP contribution in [-0.2, 0) is 5.41 Å². The summed E-state index contributed by atoms with van der Waals surface area (Å²) >= 11 is 0. The van der Waals surface area contributed by atoms with E-state index in [1.165, 1.54) is 71.6 Å². The Balaban J connectivity index is 1.03. The molecule has 0 N–H and O–H groups in total. The maximum atomic E-state index is 6.64. The van der Waals surface area contributed by atoms with Gasteiger partial charge >= 0.3 is 0 Å². The third-order valence-electron chi connectivity index (χ3n) is 14.4. The van der Waals surface area contributed by atoms with Crippen LogP contribution in [0.5, 0.6) is 0 Å². The van der Waals surface area contributed by atoms with E-state index in [0.717, 1.165) is 49.8 Å². The van der Waals surface area contributed by atoms with Gasteiger partial charge in [0.15, 0.2) is 17.5 Å². The molecule has 310 valence electrons. The van der Waals surface area contributed by atoms with Crippen molar-refractivity contribution < 1.29 is 4.42 Å². The quantitative estimate of drug-likeness (QED) is 0.177. The highest BCUT2D eigenvalue weighted by atomic mass is 16.3. The number of furan rings is 1. The normalized spacial score (nSPS) is 13.2. The Bertz CT molecular complexity index is 4120. The number of para-hydroxylation sites is 1. The zero-order valence-corrected chi connectivity index (χ0v) is 36.0. The lowest BCUT2D eigenvalue weighted by atomic mass is 9.70. The van der Waals surface area contributed by atoms with Crippen molar-refractivity contribution in [2.45, 2.75) is 5.41 Å². The van der Waals surface area contributed by atoms with Gasteiger partial charge in [-0.25, -0.2) is 15.0 Å². The molecule has 5 nitrogen and oxygen atoms in total. The van der Waals surface area contributed by atoms with Gasteiger partial charge in [-0.1, -0.05) is 176 Å². The Hall–Kier alpha value is -8.93. The van der Waals surface area contributed by atoms with Crippen molar-refractivity contribution >= 4 is 54.5 Å². The molecule has 10 aromatic carbocycles. The van der Waals surface area contributed by atoms with Gasteiger partial charge < -0.3 is 8.98 Å². The number of fused-ring (bicyclic) bond motifs is 20. The maximum Gasteiger partial charge on any atom is 0.164 e. The van der Waals surface area contributed by atoms with E-state index in [0.29, 0.717) is 17.5 Å². The Morgan fingerprint density at radius 2 is 0.866 bits per heavy atom. The molecule has 0 unspecified atom stereocenters. The average molecular weight is 853 g/mol. The molecular formula is C62H36N4O. The smallest absolute Gasteiger partial charge is 0.164 e. The van der Waals surface area contributed by atoms with E-state index in [-0.39, 0.29) is 0 Å². The van der Waals surface area contributed by atoms with Gasteiger partial charge in [-0.05, 0) is 92.2 Å². The lowest BCUT2D eigenvalue weighted by molar-refractivity contribution is 0.669. The molecule has 67 heavy (non-hydrogen) atoms. The zero-order valence-electron chi connectivity index (χ0n) is 36.0. The van der Waals surface area contributed by atoms with E-state index in [1.807, 2.05) is 66.7 Å². The van der Waals surface area contributed by atoms with Gasteiger partial charge in [-0.15, -0.1) is 0 Å². The SMILES string of the molecule is c1ccc(-c2nc(-c3ccccc3)nc(-c3ccc4oc5ccc(-n6c7ccccc7c7c8ccccc8c8c(c76)C6(c7ccccc7-c7ccccc76)c6ccccc6-8)cc5c4c3)n2)cc1. The number of hydrogen-bond acceptors (Lipinski definition) is 4. The van der Waals surface area contributed by atoms with Crippen molar-refractivity contribution in [1.29, 1.82) is 0 Å². The first-order valence-electron chi connectivity index (χ1n) is 22.9. The van der Waals surface area contributed by atoms with E-state index in [1.54, 1.807) is 0 Å². The fourth-order valence-electron chi connectivity index (χ4n) is 11.8. The van der Waals surface area contributed by atoms with Crippen molar-refractivity contribution in [2.75, 3.05) is 0 Å². The molecule has 3 heterocycles. The first kappa shape index (κ1) is 36.4. The predicted octanol–water partition coefficient (Wildman–Crippen LogP) is 15.4. The summed E-state index contributed by atoms with van der Waals surface area (Å²) in [5.41, 5.74) is 17.7. The standard InChI is InChI=1S/C62H36N4O/c1-3-17-37(18-4-1)59-63-60(38-19-5-2-6-20-38)65-61(64-59)39-31-33-53-47(35-39)48-36-40(32-34-54(48)67-53)66-52-30-16-12-26-46(52)56-44-24-8-7-23-43(44)55-45-25-11-15-29-51(45)62(57(55)58(56)66)49-27-13-9-21-41(49)42-22-10-14-28-50(42)62/h1-36H. The molecule has 2 aliphatic carbocycles. The molecule has 0 atom stereocenters. The van der Waals surface area contributed by atoms with Crippen LogP contribution in [0.2, 0.25) is 0 Å². The van der Waals surface area contributed by atoms with Gasteiger partial charge in [0.25, 0.3) is 0 Å². The summed E-state index contributed by atoms with van der Waals surface area (Å²) in [4.78, 5) is 15.1. The highest BCUT2D eigenvalue weighted by molar-refractivity contribution is 6.28. The maximum absolute atomic E-state index is 6.64. The van der Waals surface area contributed by atoms with E-state index in [9.17, 15) is 0 Å². The Kier molecular flexibility index (Phi) is 7.36. The van der Waals surface area contributed by atoms with E-state index in [2.05, 4.69) is 156 Å². The number of benzene rings is 10. The van der Waals surface area contributed by atoms with Crippen LogP contribution >= 0.6 is 0 Å². The Morgan fingerprint density at radius 1 is 0.373 bits per heavy atom. The van der Waals surface area contributed by atoms with E-state index < -0.39 is 5.41 Å². The molecule has 0 saturated heterocycles. The van der Waals surface area contributed by atoms with Crippen molar-refractivity contribution in [3.05, 3.63) is 241 Å². The summed E-state index contributed by atoms with van der Waals surface area (Å²) in [7, 11) is 0. The van der Waals surface area contributed by atoms with Crippen molar-refractivity contribution in [3.63, 3.8) is 0 Å². The minimum absolute atomic E-state index is 0.559. The molecule has 15 rings (SSSR count). The summed E-state index contributed by atoms with van der Waals surface area (Å²) in [5, 5.41) is 7.02. The fraction of sp³-hybridized carbons (Fsp3) is 0.0161. The third-order valence-corrected chi connectivity index (χ3v) is 14.4. The molecule has 0 fully saturated rings. The highest BCUT2D eigenvalue weighted by Gasteiger charge is 2.53. The zero-order chi connectivity index (χ0) is 43.8. The predicted molar refractivity (Wildman–Crippen MR) is 272 cm³/mol. The fourth-order valence-corrected chi connectivity index (χ4v) is 11.8. The Labute approximate surface area is 384 Å². The lowest BCUT2D eigenvalue weighted by Gasteiger charge is -2.31. The molecule has 1 spiro atoms. The first-order chi connectivity index (χ1) is 33.2. The lowest BCUT2D eigenvalue weighted by Crippen LogP contribution is -2.26. The molecule has 0 amide bonds. The van der Waals surface area contributed by atoms with Gasteiger partial charge in [0.05, 0.1) is 16.4 Å². The van der Waals surface area contributed by atoms with Gasteiger partial charge in [-0.2, -0.15) is 0 Å². The number of rotatable bonds is 4. The second-order valence-corrected chi connectivity index (χ2v) is 17.8. The first-order valence-corrected chi connectivity index (χ1v) is 22.9. The van der Waals surface area contributed by atoms with Crippen LogP contribution in [0.4, 0.5) is 0 Å². The van der Waals surface area contributed by atoms with Crippen LogP contribution in [-0.4, -0.2) is 19.5 Å². The van der Waals surface area contributed by atoms with Crippen LogP contribution in [0.25, 0.3) is 117 Å².